The molecule has 2 aromatic heterocycles. The van der Waals surface area contributed by atoms with Crippen LogP contribution in [0, 0.1) is 6.92 Å². The molecule has 29 heavy (non-hydrogen) atoms. The van der Waals surface area contributed by atoms with Crippen molar-refractivity contribution >= 4 is 27.5 Å². The standard InChI is InChI=1S/C21H24N4O3S/c1-15-17-19(22-14-25(20(17)27)13-16-5-3-2-4-6-16)29-18(15)21(28)24-9-7-23(8-10-24)11-12-26/h2-6,14,26H,7-13H2,1H3. The lowest BCUT2D eigenvalue weighted by atomic mass is 10.2. The molecule has 1 fully saturated rings. The first-order valence-electron chi connectivity index (χ1n) is 9.73. The van der Waals surface area contributed by atoms with Crippen LogP contribution < -0.4 is 5.56 Å². The van der Waals surface area contributed by atoms with Gasteiger partial charge in [-0.2, -0.15) is 0 Å². The highest BCUT2D eigenvalue weighted by Gasteiger charge is 2.26. The van der Waals surface area contributed by atoms with E-state index in [0.29, 0.717) is 46.8 Å². The molecule has 152 valence electrons. The van der Waals surface area contributed by atoms with Gasteiger partial charge >= 0.3 is 0 Å². The van der Waals surface area contributed by atoms with Crippen LogP contribution >= 0.6 is 11.3 Å². The van der Waals surface area contributed by atoms with Gasteiger partial charge in [-0.1, -0.05) is 30.3 Å². The zero-order valence-corrected chi connectivity index (χ0v) is 17.2. The molecule has 3 heterocycles. The van der Waals surface area contributed by atoms with E-state index in [1.807, 2.05) is 42.2 Å². The van der Waals surface area contributed by atoms with E-state index in [2.05, 4.69) is 9.88 Å². The predicted molar refractivity (Wildman–Crippen MR) is 114 cm³/mol. The Kier molecular flexibility index (Phi) is 5.75. The SMILES string of the molecule is Cc1c(C(=O)N2CCN(CCO)CC2)sc2ncn(Cc3ccccc3)c(=O)c12. The van der Waals surface area contributed by atoms with Crippen LogP contribution in [0.1, 0.15) is 20.8 Å². The van der Waals surface area contributed by atoms with E-state index in [-0.39, 0.29) is 18.1 Å². The summed E-state index contributed by atoms with van der Waals surface area (Å²) in [6.45, 7) is 5.80. The van der Waals surface area contributed by atoms with Gasteiger partial charge in [-0.15, -0.1) is 11.3 Å². The molecule has 0 unspecified atom stereocenters. The number of hydrogen-bond donors (Lipinski definition) is 1. The molecule has 1 N–H and O–H groups in total. The second kappa shape index (κ2) is 8.44. The van der Waals surface area contributed by atoms with Crippen molar-refractivity contribution in [3.8, 4) is 0 Å². The highest BCUT2D eigenvalue weighted by atomic mass is 32.1. The highest BCUT2D eigenvalue weighted by Crippen LogP contribution is 2.28. The number of nitrogens with zero attached hydrogens (tertiary/aromatic N) is 4. The van der Waals surface area contributed by atoms with E-state index in [4.69, 9.17) is 5.11 Å². The van der Waals surface area contributed by atoms with Gasteiger partial charge in [-0.3, -0.25) is 19.1 Å². The number of aliphatic hydroxyl groups is 1. The van der Waals surface area contributed by atoms with Gasteiger partial charge in [0.1, 0.15) is 4.83 Å². The van der Waals surface area contributed by atoms with Crippen molar-refractivity contribution in [2.24, 2.45) is 0 Å². The van der Waals surface area contributed by atoms with Gasteiger partial charge < -0.3 is 10.0 Å². The molecule has 1 amide bonds. The molecule has 0 atom stereocenters. The highest BCUT2D eigenvalue weighted by molar-refractivity contribution is 7.20. The van der Waals surface area contributed by atoms with Crippen LogP contribution in [0.4, 0.5) is 0 Å². The lowest BCUT2D eigenvalue weighted by Crippen LogP contribution is -2.49. The first-order valence-corrected chi connectivity index (χ1v) is 10.5. The first kappa shape index (κ1) is 19.8. The predicted octanol–water partition coefficient (Wildman–Crippen LogP) is 1.56. The summed E-state index contributed by atoms with van der Waals surface area (Å²) < 4.78 is 1.60. The van der Waals surface area contributed by atoms with Crippen LogP contribution in [-0.2, 0) is 6.54 Å². The minimum atomic E-state index is -0.112. The molecule has 1 aromatic carbocycles. The van der Waals surface area contributed by atoms with Gasteiger partial charge in [0.05, 0.1) is 29.7 Å². The fourth-order valence-electron chi connectivity index (χ4n) is 3.72. The number of β-amino-alcohol motifs (C(OH)–C–C–N with tert-alkyl or cyclic N) is 1. The Morgan fingerprint density at radius 2 is 1.90 bits per heavy atom. The zero-order valence-electron chi connectivity index (χ0n) is 16.4. The Morgan fingerprint density at radius 3 is 2.59 bits per heavy atom. The van der Waals surface area contributed by atoms with Gasteiger partial charge in [-0.05, 0) is 18.1 Å². The van der Waals surface area contributed by atoms with Crippen molar-refractivity contribution in [3.63, 3.8) is 0 Å². The molecule has 4 rings (SSSR count). The molecule has 1 aliphatic rings. The average Bonchev–Trinajstić information content (AvgIpc) is 3.08. The molecular formula is C21H24N4O3S. The largest absolute Gasteiger partial charge is 0.395 e. The molecule has 1 aliphatic heterocycles. The van der Waals surface area contributed by atoms with E-state index in [1.165, 1.54) is 11.3 Å². The number of thiophene rings is 1. The number of amides is 1. The van der Waals surface area contributed by atoms with Crippen molar-refractivity contribution in [1.82, 2.24) is 19.4 Å². The lowest BCUT2D eigenvalue weighted by molar-refractivity contribution is 0.0619. The summed E-state index contributed by atoms with van der Waals surface area (Å²) in [4.78, 5) is 35.8. The fourth-order valence-corrected chi connectivity index (χ4v) is 4.82. The topological polar surface area (TPSA) is 78.7 Å². The quantitative estimate of drug-likeness (QED) is 0.688. The van der Waals surface area contributed by atoms with E-state index in [1.54, 1.807) is 10.9 Å². The number of rotatable bonds is 5. The van der Waals surface area contributed by atoms with Crippen molar-refractivity contribution in [1.29, 1.82) is 0 Å². The summed E-state index contributed by atoms with van der Waals surface area (Å²) in [6, 6.07) is 9.78. The summed E-state index contributed by atoms with van der Waals surface area (Å²) in [5.74, 6) is -0.0387. The number of hydrogen-bond acceptors (Lipinski definition) is 6. The molecule has 0 bridgehead atoms. The number of aromatic nitrogens is 2. The third kappa shape index (κ3) is 3.96. The monoisotopic (exact) mass is 412 g/mol. The number of benzene rings is 1. The molecule has 0 saturated carbocycles. The molecule has 1 saturated heterocycles. The van der Waals surface area contributed by atoms with E-state index < -0.39 is 0 Å². The van der Waals surface area contributed by atoms with Crippen LogP contribution in [-0.4, -0.2) is 69.7 Å². The van der Waals surface area contributed by atoms with Gasteiger partial charge in [0, 0.05) is 32.7 Å². The Balaban J connectivity index is 1.60. The summed E-state index contributed by atoms with van der Waals surface area (Å²) in [7, 11) is 0. The van der Waals surface area contributed by atoms with Gasteiger partial charge in [0.2, 0.25) is 0 Å². The van der Waals surface area contributed by atoms with Crippen LogP contribution in [0.15, 0.2) is 41.5 Å². The van der Waals surface area contributed by atoms with E-state index >= 15 is 0 Å². The van der Waals surface area contributed by atoms with Crippen molar-refractivity contribution < 1.29 is 9.90 Å². The first-order chi connectivity index (χ1) is 14.1. The molecule has 0 radical (unpaired) electrons. The molecule has 0 aliphatic carbocycles. The summed E-state index contributed by atoms with van der Waals surface area (Å²) in [5, 5.41) is 9.61. The number of aliphatic hydroxyl groups excluding tert-OH is 1. The molecule has 0 spiro atoms. The van der Waals surface area contributed by atoms with Crippen molar-refractivity contribution in [2.75, 3.05) is 39.3 Å². The minimum Gasteiger partial charge on any atom is -0.395 e. The van der Waals surface area contributed by atoms with Crippen LogP contribution in [0.25, 0.3) is 10.2 Å². The average molecular weight is 413 g/mol. The molecule has 7 nitrogen and oxygen atoms in total. The van der Waals surface area contributed by atoms with Gasteiger partial charge in [0.25, 0.3) is 11.5 Å². The fraction of sp³-hybridized carbons (Fsp3) is 0.381. The summed E-state index contributed by atoms with van der Waals surface area (Å²) in [6.07, 6.45) is 1.57. The van der Waals surface area contributed by atoms with E-state index in [0.717, 1.165) is 18.7 Å². The third-order valence-corrected chi connectivity index (χ3v) is 6.57. The zero-order chi connectivity index (χ0) is 20.4. The smallest absolute Gasteiger partial charge is 0.264 e. The van der Waals surface area contributed by atoms with Crippen molar-refractivity contribution in [3.05, 3.63) is 63.0 Å². The number of carbonyl (C=O) groups is 1. The normalized spacial score (nSPS) is 15.2. The number of fused-ring (bicyclic) bond motifs is 1. The van der Waals surface area contributed by atoms with E-state index in [9.17, 15) is 9.59 Å². The minimum absolute atomic E-state index is 0.0387. The second-order valence-electron chi connectivity index (χ2n) is 7.26. The Labute approximate surface area is 172 Å². The van der Waals surface area contributed by atoms with Crippen LogP contribution in [0.3, 0.4) is 0 Å². The Hall–Kier alpha value is -2.55. The van der Waals surface area contributed by atoms with Gasteiger partial charge in [-0.25, -0.2) is 4.98 Å². The second-order valence-corrected chi connectivity index (χ2v) is 8.26. The van der Waals surface area contributed by atoms with Crippen LogP contribution in [0.5, 0.6) is 0 Å². The number of aryl methyl sites for hydroxylation is 1. The maximum absolute atomic E-state index is 13.1. The summed E-state index contributed by atoms with van der Waals surface area (Å²) in [5.41, 5.74) is 1.63. The maximum Gasteiger partial charge on any atom is 0.264 e. The van der Waals surface area contributed by atoms with Crippen LogP contribution in [0.2, 0.25) is 0 Å². The molecular weight excluding hydrogens is 388 g/mol. The number of piperazine rings is 1. The third-order valence-electron chi connectivity index (χ3n) is 5.38. The van der Waals surface area contributed by atoms with Gasteiger partial charge in [0.15, 0.2) is 0 Å². The Bertz CT molecular complexity index is 1070. The summed E-state index contributed by atoms with van der Waals surface area (Å²) >= 11 is 1.30. The lowest BCUT2D eigenvalue weighted by Gasteiger charge is -2.34. The van der Waals surface area contributed by atoms with Crippen molar-refractivity contribution in [2.45, 2.75) is 13.5 Å². The number of carbonyl (C=O) groups excluding carboxylic acids is 1. The Morgan fingerprint density at radius 1 is 1.17 bits per heavy atom. The molecule has 3 aromatic rings. The molecule has 8 heteroatoms. The maximum atomic E-state index is 13.1.